The van der Waals surface area contributed by atoms with Crippen LogP contribution in [0.2, 0.25) is 0 Å². The van der Waals surface area contributed by atoms with E-state index in [0.717, 1.165) is 45.6 Å². The van der Waals surface area contributed by atoms with Gasteiger partial charge in [0.2, 0.25) is 0 Å². The molecule has 1 heterocycles. The van der Waals surface area contributed by atoms with Crippen LogP contribution in [0.4, 0.5) is 14.5 Å². The first-order valence-electron chi connectivity index (χ1n) is 27.9. The second-order valence-corrected chi connectivity index (χ2v) is 34.6. The van der Waals surface area contributed by atoms with Gasteiger partial charge in [-0.05, 0) is 388 Å². The Morgan fingerprint density at radius 1 is 0.351 bits per heavy atom. The number of benzene rings is 11. The third kappa shape index (κ3) is 26.4. The first-order chi connectivity index (χ1) is 44.9. The molecular formula is C76H52Br7F2I7N2. The monoisotopic (exact) mass is 2470 g/mol. The van der Waals surface area contributed by atoms with Crippen molar-refractivity contribution in [2.75, 3.05) is 0 Å². The van der Waals surface area contributed by atoms with Crippen molar-refractivity contribution < 1.29 is 8.78 Å². The number of nitrogens with zero attached hydrogens (tertiary/aromatic N) is 2. The number of hydrogen-bond donors (Lipinski definition) is 0. The van der Waals surface area contributed by atoms with Crippen LogP contribution >= 0.6 is 270 Å². The van der Waals surface area contributed by atoms with Crippen molar-refractivity contribution in [2.45, 2.75) is 26.2 Å². The lowest BCUT2D eigenvalue weighted by Gasteiger charge is -2.19. The van der Waals surface area contributed by atoms with E-state index in [9.17, 15) is 8.78 Å². The van der Waals surface area contributed by atoms with Crippen molar-refractivity contribution in [2.24, 2.45) is 0 Å². The van der Waals surface area contributed by atoms with Gasteiger partial charge >= 0.3 is 0 Å². The molecule has 11 aromatic carbocycles. The number of pyridine rings is 1. The molecule has 0 aliphatic carbocycles. The minimum atomic E-state index is -0.824. The Labute approximate surface area is 705 Å². The molecule has 478 valence electrons. The van der Waals surface area contributed by atoms with Gasteiger partial charge in [0, 0.05) is 79.8 Å². The molecule has 12 rings (SSSR count). The molecule has 0 amide bonds. The zero-order valence-electron chi connectivity index (χ0n) is 49.8. The van der Waals surface area contributed by atoms with Gasteiger partial charge in [0.15, 0.2) is 17.3 Å². The summed E-state index contributed by atoms with van der Waals surface area (Å²) in [5.41, 5.74) is 13.2. The average molecular weight is 2480 g/mol. The average Bonchev–Trinajstić information content (AvgIpc) is 0.979. The molecule has 0 radical (unpaired) electrons. The molecule has 0 fully saturated rings. The zero-order chi connectivity index (χ0) is 68.5. The lowest BCUT2D eigenvalue weighted by atomic mass is 9.87. The predicted molar refractivity (Wildman–Crippen MR) is 478 cm³/mol. The summed E-state index contributed by atoms with van der Waals surface area (Å²) >= 11 is 40.3. The van der Waals surface area contributed by atoms with Crippen LogP contribution in [0.25, 0.3) is 60.5 Å². The maximum Gasteiger partial charge on any atom is 0.188 e. The minimum absolute atomic E-state index is 0.251. The lowest BCUT2D eigenvalue weighted by molar-refractivity contribution is 0.511. The van der Waals surface area contributed by atoms with Gasteiger partial charge in [0.1, 0.15) is 0 Å². The summed E-state index contributed by atoms with van der Waals surface area (Å²) in [4.78, 5) is 7.40. The molecule has 0 N–H and O–H groups in total. The van der Waals surface area contributed by atoms with Crippen LogP contribution in [0.1, 0.15) is 26.3 Å². The molecule has 0 saturated heterocycles. The van der Waals surface area contributed by atoms with Gasteiger partial charge in [-0.1, -0.05) is 207 Å². The summed E-state index contributed by atoms with van der Waals surface area (Å²) < 4.78 is 42.6. The van der Waals surface area contributed by atoms with E-state index in [-0.39, 0.29) is 11.0 Å². The Hall–Kier alpha value is -1.61. The highest BCUT2D eigenvalue weighted by Crippen LogP contribution is 2.35. The molecule has 2 nitrogen and oxygen atoms in total. The molecule has 0 spiro atoms. The van der Waals surface area contributed by atoms with Crippen molar-refractivity contribution in [3.05, 3.63) is 346 Å². The molecule has 0 aliphatic heterocycles. The molecule has 0 aliphatic rings. The van der Waals surface area contributed by atoms with Crippen LogP contribution in [0.3, 0.4) is 0 Å². The maximum atomic E-state index is 13.5. The van der Waals surface area contributed by atoms with Gasteiger partial charge in [0.05, 0.1) is 6.57 Å². The van der Waals surface area contributed by atoms with Gasteiger partial charge in [-0.15, -0.1) is 0 Å². The number of aromatic nitrogens is 1. The fraction of sp³-hybridized carbons (Fsp3) is 0.0526. The van der Waals surface area contributed by atoms with Crippen molar-refractivity contribution in [3.63, 3.8) is 0 Å². The van der Waals surface area contributed by atoms with E-state index < -0.39 is 11.6 Å². The summed E-state index contributed by atoms with van der Waals surface area (Å²) in [7, 11) is 0. The van der Waals surface area contributed by atoms with Gasteiger partial charge in [-0.2, -0.15) is 0 Å². The van der Waals surface area contributed by atoms with E-state index in [1.165, 1.54) is 72.9 Å². The Morgan fingerprint density at radius 2 is 0.809 bits per heavy atom. The third-order valence-electron chi connectivity index (χ3n) is 13.0. The fourth-order valence-electron chi connectivity index (χ4n) is 8.11. The van der Waals surface area contributed by atoms with E-state index in [1.807, 2.05) is 54.7 Å². The lowest BCUT2D eigenvalue weighted by Crippen LogP contribution is -2.10. The molecular weight excluding hydrogens is 2430 g/mol. The normalized spacial score (nSPS) is 10.3. The van der Waals surface area contributed by atoms with Crippen molar-refractivity contribution in [1.82, 2.24) is 4.98 Å². The van der Waals surface area contributed by atoms with E-state index in [0.29, 0.717) is 11.3 Å². The quantitative estimate of drug-likeness (QED) is 0.124. The molecule has 0 bridgehead atoms. The Bertz CT molecular complexity index is 4300. The van der Waals surface area contributed by atoms with Crippen LogP contribution in [-0.4, -0.2) is 4.98 Å². The van der Waals surface area contributed by atoms with Gasteiger partial charge < -0.3 is 0 Å². The third-order valence-corrected chi connectivity index (χ3v) is 29.7. The highest BCUT2D eigenvalue weighted by atomic mass is 127. The molecule has 94 heavy (non-hydrogen) atoms. The molecule has 12 aromatic rings. The van der Waals surface area contributed by atoms with Crippen molar-refractivity contribution in [3.8, 4) is 55.6 Å². The molecule has 18 heteroatoms. The Morgan fingerprint density at radius 3 is 1.33 bits per heavy atom. The first-order valence-corrected chi connectivity index (χ1v) is 41.0. The number of hydrogen-bond acceptors (Lipinski definition) is 1. The van der Waals surface area contributed by atoms with E-state index in [4.69, 9.17) is 6.57 Å². The molecule has 0 atom stereocenters. The minimum Gasteiger partial charge on any atom is -0.264 e. The van der Waals surface area contributed by atoms with Crippen LogP contribution in [0.15, 0.2) is 292 Å². The predicted octanol–water partition coefficient (Wildman–Crippen LogP) is 31.2. The van der Waals surface area contributed by atoms with Crippen LogP contribution in [0.5, 0.6) is 0 Å². The highest BCUT2D eigenvalue weighted by Gasteiger charge is 2.15. The topological polar surface area (TPSA) is 17.2 Å². The molecule has 1 aromatic heterocycles. The summed E-state index contributed by atoms with van der Waals surface area (Å²) in [6.45, 7) is 13.4. The second-order valence-electron chi connectivity index (χ2n) is 20.6. The standard InChI is InChI=1S/C12H6BrF2I.3C12H8BrI.C11H7BrIN.C10H12BrI.C7H3BrIN/c13-9-5-4-7(6-11(9)16)8-2-1-3-10(14)12(8)15;13-11-8-4-7-10(12(11)14)9-5-2-1-3-6-9;13-11-8-10(6-7-12(11)14)9-4-2-1-3-5-9;13-11-7-6-10(8-12(11)14)9-4-2-1-3-5-9;12-11-9(4-1-5-10(11)13)8-3-2-6-14-7-8;1-10(2,3)7-4-5-8(11)9(12)6-7;1-10-5-2-3-7(9)6(8)4-5/h1-6H;3*1-8H;1-7H;4-6H,1-3H3;2-4H. The summed E-state index contributed by atoms with van der Waals surface area (Å²) in [5, 5.41) is 0. The van der Waals surface area contributed by atoms with E-state index in [2.05, 4.69) is 470 Å². The van der Waals surface area contributed by atoms with Crippen LogP contribution < -0.4 is 0 Å². The first kappa shape index (κ1) is 81.4. The SMILES string of the molecule is Brc1c(I)cccc1-c1cccnc1.Brc1cc(-c2ccccc2)ccc1I.Brc1ccc(-c2ccccc2)cc1I.Brc1cccc(-c2ccccc2)c1I.CC(C)(C)c1ccc(Br)c(I)c1.Fc1cccc(-c2ccc(Br)c(I)c2)c1F.[C-]#[N+]c1ccc(I)c(Br)c1. The van der Waals surface area contributed by atoms with Crippen molar-refractivity contribution >= 4 is 275 Å². The second kappa shape index (κ2) is 42.0. The van der Waals surface area contributed by atoms with Crippen LogP contribution in [0, 0.1) is 43.2 Å². The van der Waals surface area contributed by atoms with Crippen LogP contribution in [-0.2, 0) is 5.41 Å². The Balaban J connectivity index is 0.000000174. The number of rotatable bonds is 5. The smallest absolute Gasteiger partial charge is 0.188 e. The number of halogens is 16. The van der Waals surface area contributed by atoms with Gasteiger partial charge in [-0.25, -0.2) is 13.6 Å². The largest absolute Gasteiger partial charge is 0.264 e. The maximum absolute atomic E-state index is 13.5. The van der Waals surface area contributed by atoms with Crippen molar-refractivity contribution in [1.29, 1.82) is 0 Å². The van der Waals surface area contributed by atoms with Gasteiger partial charge in [-0.3, -0.25) is 4.98 Å². The fourth-order valence-corrected chi connectivity index (χ4v) is 13.8. The highest BCUT2D eigenvalue weighted by molar-refractivity contribution is 14.1. The Kier molecular flexibility index (Phi) is 36.3. The van der Waals surface area contributed by atoms with Gasteiger partial charge in [0.25, 0.3) is 0 Å². The zero-order valence-corrected chi connectivity index (χ0v) is 76.0. The summed E-state index contributed by atoms with van der Waals surface area (Å²) in [5.74, 6) is -1.63. The molecule has 0 unspecified atom stereocenters. The summed E-state index contributed by atoms with van der Waals surface area (Å²) in [6, 6.07) is 82.1. The summed E-state index contributed by atoms with van der Waals surface area (Å²) in [6.07, 6.45) is 3.65. The van der Waals surface area contributed by atoms with E-state index >= 15 is 0 Å². The molecule has 0 saturated carbocycles. The van der Waals surface area contributed by atoms with E-state index in [1.54, 1.807) is 24.4 Å².